The number of aryl methyl sites for hydroxylation is 1. The first kappa shape index (κ1) is 17.8. The van der Waals surface area contributed by atoms with E-state index in [1.807, 2.05) is 26.2 Å². The monoisotopic (exact) mass is 267 g/mol. The molecule has 0 amide bonds. The Bertz CT molecular complexity index is 340. The van der Waals surface area contributed by atoms with Crippen LogP contribution in [0.15, 0.2) is 18.2 Å². The molecule has 3 heteroatoms. The second-order valence-corrected chi connectivity index (χ2v) is 4.59. The predicted molar refractivity (Wildman–Crippen MR) is 82.1 cm³/mol. The van der Waals surface area contributed by atoms with Gasteiger partial charge in [0.25, 0.3) is 0 Å². The van der Waals surface area contributed by atoms with Crippen LogP contribution in [0.3, 0.4) is 0 Å². The molecular formula is C16H29NO2. The number of benzene rings is 1. The quantitative estimate of drug-likeness (QED) is 0.825. The fourth-order valence-corrected chi connectivity index (χ4v) is 1.73. The molecule has 0 aliphatic rings. The van der Waals surface area contributed by atoms with Gasteiger partial charge in [0.05, 0.1) is 6.10 Å². The Hall–Kier alpha value is -1.22. The summed E-state index contributed by atoms with van der Waals surface area (Å²) in [6.45, 7) is 6.32. The highest BCUT2D eigenvalue weighted by Crippen LogP contribution is 2.29. The minimum absolute atomic E-state index is 0.211. The normalized spacial score (nSPS) is 11.4. The van der Waals surface area contributed by atoms with E-state index < -0.39 is 0 Å². The van der Waals surface area contributed by atoms with Crippen molar-refractivity contribution in [3.8, 4) is 11.5 Å². The van der Waals surface area contributed by atoms with Gasteiger partial charge in [0.2, 0.25) is 0 Å². The summed E-state index contributed by atoms with van der Waals surface area (Å²) in [6, 6.07) is 5.66. The van der Waals surface area contributed by atoms with Crippen LogP contribution in [0, 0.1) is 0 Å². The van der Waals surface area contributed by atoms with Gasteiger partial charge < -0.3 is 15.2 Å². The van der Waals surface area contributed by atoms with Gasteiger partial charge in [0, 0.05) is 0 Å². The molecule has 0 saturated carbocycles. The summed E-state index contributed by atoms with van der Waals surface area (Å²) in [7, 11) is 3.75. The lowest BCUT2D eigenvalue weighted by Gasteiger charge is -2.17. The Kier molecular flexibility index (Phi) is 9.99. The molecule has 0 aliphatic heterocycles. The van der Waals surface area contributed by atoms with Crippen molar-refractivity contribution in [1.29, 1.82) is 0 Å². The predicted octanol–water partition coefficient (Wildman–Crippen LogP) is 3.75. The number of phenols is 1. The zero-order valence-electron chi connectivity index (χ0n) is 13.0. The summed E-state index contributed by atoms with van der Waals surface area (Å²) in [5, 5.41) is 12.6. The fraction of sp³-hybridized carbons (Fsp3) is 0.625. The number of nitrogens with one attached hydrogen (secondary N) is 1. The summed E-state index contributed by atoms with van der Waals surface area (Å²) in [5.74, 6) is 0.867. The maximum Gasteiger partial charge on any atom is 0.161 e. The topological polar surface area (TPSA) is 41.5 Å². The van der Waals surface area contributed by atoms with Crippen LogP contribution >= 0.6 is 0 Å². The molecule has 0 fully saturated rings. The van der Waals surface area contributed by atoms with Gasteiger partial charge in [-0.1, -0.05) is 33.3 Å². The summed E-state index contributed by atoms with van der Waals surface area (Å²) >= 11 is 0. The summed E-state index contributed by atoms with van der Waals surface area (Å²) in [6.07, 6.45) is 4.25. The zero-order chi connectivity index (χ0) is 14.7. The average molecular weight is 267 g/mol. The molecule has 0 heterocycles. The first-order valence-electron chi connectivity index (χ1n) is 7.19. The fourth-order valence-electron chi connectivity index (χ4n) is 1.73. The number of hydrogen-bond acceptors (Lipinski definition) is 3. The standard InChI is InChI=1S/C14H22O2.C2H7N/c1-4-7-12(6-3)16-14-9-8-11(5-2)10-13(14)15;1-3-2/h8-10,12,15H,4-7H2,1-3H3;3H,1-2H3. The van der Waals surface area contributed by atoms with Crippen LogP contribution < -0.4 is 10.1 Å². The van der Waals surface area contributed by atoms with Gasteiger partial charge in [-0.3, -0.25) is 0 Å². The van der Waals surface area contributed by atoms with E-state index in [2.05, 4.69) is 26.1 Å². The van der Waals surface area contributed by atoms with Crippen LogP contribution in [0.1, 0.15) is 45.6 Å². The van der Waals surface area contributed by atoms with Crippen LogP contribution in [0.2, 0.25) is 0 Å². The minimum Gasteiger partial charge on any atom is -0.504 e. The third-order valence-corrected chi connectivity index (χ3v) is 2.79. The average Bonchev–Trinajstić information content (AvgIpc) is 2.41. The van der Waals surface area contributed by atoms with Crippen molar-refractivity contribution in [2.75, 3.05) is 14.1 Å². The van der Waals surface area contributed by atoms with E-state index in [1.54, 1.807) is 6.07 Å². The van der Waals surface area contributed by atoms with E-state index in [1.165, 1.54) is 0 Å². The maximum atomic E-state index is 9.81. The number of rotatable bonds is 6. The molecule has 1 aromatic carbocycles. The molecule has 19 heavy (non-hydrogen) atoms. The third-order valence-electron chi connectivity index (χ3n) is 2.79. The van der Waals surface area contributed by atoms with E-state index in [-0.39, 0.29) is 11.9 Å². The largest absolute Gasteiger partial charge is 0.504 e. The lowest BCUT2D eigenvalue weighted by Crippen LogP contribution is -2.14. The first-order valence-corrected chi connectivity index (χ1v) is 7.19. The van der Waals surface area contributed by atoms with Crippen molar-refractivity contribution in [3.05, 3.63) is 23.8 Å². The van der Waals surface area contributed by atoms with Crippen LogP contribution in [0.25, 0.3) is 0 Å². The van der Waals surface area contributed by atoms with Gasteiger partial charge in [-0.15, -0.1) is 0 Å². The molecular weight excluding hydrogens is 238 g/mol. The Labute approximate surface area is 118 Å². The maximum absolute atomic E-state index is 9.81. The number of hydrogen-bond donors (Lipinski definition) is 2. The summed E-state index contributed by atoms with van der Waals surface area (Å²) < 4.78 is 5.78. The zero-order valence-corrected chi connectivity index (χ0v) is 13.0. The highest BCUT2D eigenvalue weighted by atomic mass is 16.5. The molecule has 0 aromatic heterocycles. The molecule has 0 aliphatic carbocycles. The van der Waals surface area contributed by atoms with Gasteiger partial charge in [-0.2, -0.15) is 0 Å². The molecule has 0 radical (unpaired) electrons. The van der Waals surface area contributed by atoms with Gasteiger partial charge in [-0.05, 0) is 51.1 Å². The van der Waals surface area contributed by atoms with Gasteiger partial charge in [-0.25, -0.2) is 0 Å². The second-order valence-electron chi connectivity index (χ2n) is 4.59. The van der Waals surface area contributed by atoms with E-state index in [0.717, 1.165) is 31.2 Å². The SMILES string of the molecule is CCCC(CC)Oc1ccc(CC)cc1O.CNC. The molecule has 1 rings (SSSR count). The molecule has 0 spiro atoms. The lowest BCUT2D eigenvalue weighted by atomic mass is 10.1. The molecule has 0 saturated heterocycles. The van der Waals surface area contributed by atoms with Crippen LogP contribution in [0.5, 0.6) is 11.5 Å². The smallest absolute Gasteiger partial charge is 0.161 e. The van der Waals surface area contributed by atoms with E-state index in [0.29, 0.717) is 5.75 Å². The first-order chi connectivity index (χ1) is 9.12. The van der Waals surface area contributed by atoms with Crippen LogP contribution in [0.4, 0.5) is 0 Å². The molecule has 3 nitrogen and oxygen atoms in total. The molecule has 1 atom stereocenters. The summed E-state index contributed by atoms with van der Waals surface area (Å²) in [4.78, 5) is 0. The van der Waals surface area contributed by atoms with Crippen molar-refractivity contribution >= 4 is 0 Å². The summed E-state index contributed by atoms with van der Waals surface area (Å²) in [5.41, 5.74) is 1.13. The Balaban J connectivity index is 0.000000982. The van der Waals surface area contributed by atoms with E-state index in [9.17, 15) is 5.11 Å². The Morgan fingerprint density at radius 1 is 1.21 bits per heavy atom. The van der Waals surface area contributed by atoms with Crippen molar-refractivity contribution in [3.63, 3.8) is 0 Å². The lowest BCUT2D eigenvalue weighted by molar-refractivity contribution is 0.179. The minimum atomic E-state index is 0.211. The van der Waals surface area contributed by atoms with Crippen molar-refractivity contribution < 1.29 is 9.84 Å². The van der Waals surface area contributed by atoms with Gasteiger partial charge >= 0.3 is 0 Å². The molecule has 1 unspecified atom stereocenters. The van der Waals surface area contributed by atoms with Crippen LogP contribution in [-0.2, 0) is 6.42 Å². The van der Waals surface area contributed by atoms with Gasteiger partial charge in [0.1, 0.15) is 0 Å². The van der Waals surface area contributed by atoms with Crippen LogP contribution in [-0.4, -0.2) is 25.3 Å². The highest BCUT2D eigenvalue weighted by Gasteiger charge is 2.10. The highest BCUT2D eigenvalue weighted by molar-refractivity contribution is 5.41. The number of aromatic hydroxyl groups is 1. The molecule has 1 aromatic rings. The van der Waals surface area contributed by atoms with E-state index >= 15 is 0 Å². The third kappa shape index (κ3) is 7.06. The van der Waals surface area contributed by atoms with Crippen molar-refractivity contribution in [1.82, 2.24) is 5.32 Å². The van der Waals surface area contributed by atoms with E-state index in [4.69, 9.17) is 4.74 Å². The second kappa shape index (κ2) is 10.7. The molecule has 0 bridgehead atoms. The van der Waals surface area contributed by atoms with Crippen molar-refractivity contribution in [2.45, 2.75) is 52.6 Å². The van der Waals surface area contributed by atoms with Gasteiger partial charge in [0.15, 0.2) is 11.5 Å². The Morgan fingerprint density at radius 3 is 2.26 bits per heavy atom. The molecule has 110 valence electrons. The Morgan fingerprint density at radius 2 is 1.84 bits per heavy atom. The molecule has 2 N–H and O–H groups in total. The number of phenolic OH excluding ortho intramolecular Hbond substituents is 1. The number of ether oxygens (including phenoxy) is 1. The van der Waals surface area contributed by atoms with Crippen molar-refractivity contribution in [2.24, 2.45) is 0 Å².